The fourth-order valence-corrected chi connectivity index (χ4v) is 3.85. The molecule has 1 amide bonds. The Hall–Kier alpha value is -3.52. The van der Waals surface area contributed by atoms with E-state index in [0.29, 0.717) is 16.6 Å². The molecule has 0 radical (unpaired) electrons. The van der Waals surface area contributed by atoms with Crippen molar-refractivity contribution in [1.29, 1.82) is 0 Å². The molecule has 0 spiro atoms. The van der Waals surface area contributed by atoms with Gasteiger partial charge in [0.15, 0.2) is 0 Å². The number of ether oxygens (including phenoxy) is 1. The Morgan fingerprint density at radius 3 is 2.39 bits per heavy atom. The number of hydrogen-bond donors (Lipinski definition) is 4. The Kier molecular flexibility index (Phi) is 6.69. The summed E-state index contributed by atoms with van der Waals surface area (Å²) in [5.74, 6) is -0.101. The zero-order valence-corrected chi connectivity index (χ0v) is 19.6. The summed E-state index contributed by atoms with van der Waals surface area (Å²) >= 11 is 0. The fraction of sp³-hybridized carbons (Fsp3) is 0.360. The number of H-pyrrole nitrogens is 1. The van der Waals surface area contributed by atoms with Gasteiger partial charge >= 0.3 is 6.09 Å². The lowest BCUT2D eigenvalue weighted by atomic mass is 10.00. The molecule has 176 valence electrons. The highest BCUT2D eigenvalue weighted by Gasteiger charge is 2.26. The summed E-state index contributed by atoms with van der Waals surface area (Å²) in [4.78, 5) is 28.8. The molecular formula is C25H31N3O5. The number of aliphatic hydroxyl groups excluding tert-OH is 1. The second-order valence-corrected chi connectivity index (χ2v) is 9.30. The molecule has 8 heteroatoms. The molecule has 5 N–H and O–H groups in total. The van der Waals surface area contributed by atoms with E-state index in [-0.39, 0.29) is 29.9 Å². The zero-order valence-electron chi connectivity index (χ0n) is 19.6. The van der Waals surface area contributed by atoms with Gasteiger partial charge in [0.05, 0.1) is 18.2 Å². The molecule has 8 nitrogen and oxygen atoms in total. The van der Waals surface area contributed by atoms with Crippen molar-refractivity contribution in [3.8, 4) is 5.75 Å². The molecule has 0 aliphatic rings. The van der Waals surface area contributed by atoms with Gasteiger partial charge in [-0.2, -0.15) is 0 Å². The number of nitrogen functional groups attached to an aromatic ring is 1. The number of phenols is 1. The van der Waals surface area contributed by atoms with Crippen LogP contribution in [-0.4, -0.2) is 38.3 Å². The first-order chi connectivity index (χ1) is 15.4. The number of amides is 1. The quantitative estimate of drug-likeness (QED) is 0.434. The predicted octanol–water partition coefficient (Wildman–Crippen LogP) is 3.90. The maximum absolute atomic E-state index is 13.1. The SMILES string of the molecule is Cc1cc(N)cc(C)c1CN(C[C@H](O)c1ccc(O)c2[nH]c(=O)ccc12)C(=O)OC(C)(C)C. The summed E-state index contributed by atoms with van der Waals surface area (Å²) < 4.78 is 5.60. The number of carbonyl (C=O) groups is 1. The van der Waals surface area contributed by atoms with Crippen LogP contribution in [0.25, 0.3) is 10.9 Å². The number of rotatable bonds is 5. The molecule has 3 rings (SSSR count). The van der Waals surface area contributed by atoms with E-state index in [4.69, 9.17) is 10.5 Å². The number of aromatic hydroxyl groups is 1. The number of phenolic OH excluding ortho intramolecular Hbond substituents is 1. The van der Waals surface area contributed by atoms with Crippen molar-refractivity contribution in [2.24, 2.45) is 0 Å². The van der Waals surface area contributed by atoms with Crippen LogP contribution in [0.1, 0.15) is 49.1 Å². The van der Waals surface area contributed by atoms with E-state index in [0.717, 1.165) is 16.7 Å². The average Bonchev–Trinajstić information content (AvgIpc) is 2.68. The Labute approximate surface area is 192 Å². The monoisotopic (exact) mass is 453 g/mol. The van der Waals surface area contributed by atoms with E-state index in [2.05, 4.69) is 4.98 Å². The van der Waals surface area contributed by atoms with E-state index < -0.39 is 17.8 Å². The van der Waals surface area contributed by atoms with Crippen molar-refractivity contribution in [2.75, 3.05) is 12.3 Å². The van der Waals surface area contributed by atoms with Gasteiger partial charge in [0.25, 0.3) is 0 Å². The number of pyridine rings is 1. The number of anilines is 1. The molecule has 1 aromatic heterocycles. The maximum atomic E-state index is 13.1. The molecule has 33 heavy (non-hydrogen) atoms. The Bertz CT molecular complexity index is 1220. The minimum Gasteiger partial charge on any atom is -0.506 e. The molecule has 1 heterocycles. The molecular weight excluding hydrogens is 422 g/mol. The van der Waals surface area contributed by atoms with Crippen molar-refractivity contribution in [3.63, 3.8) is 0 Å². The number of nitrogens with zero attached hydrogens (tertiary/aromatic N) is 1. The van der Waals surface area contributed by atoms with Gasteiger partial charge in [-0.25, -0.2) is 4.79 Å². The van der Waals surface area contributed by atoms with Crippen LogP contribution in [0.4, 0.5) is 10.5 Å². The van der Waals surface area contributed by atoms with Crippen molar-refractivity contribution in [3.05, 3.63) is 69.0 Å². The van der Waals surface area contributed by atoms with E-state index in [1.807, 2.05) is 26.0 Å². The van der Waals surface area contributed by atoms with Gasteiger partial charge in [0.2, 0.25) is 5.56 Å². The van der Waals surface area contributed by atoms with Gasteiger partial charge in [0, 0.05) is 23.7 Å². The highest BCUT2D eigenvalue weighted by Crippen LogP contribution is 2.30. The van der Waals surface area contributed by atoms with E-state index in [9.17, 15) is 19.8 Å². The molecule has 0 aliphatic carbocycles. The van der Waals surface area contributed by atoms with Gasteiger partial charge in [0.1, 0.15) is 11.4 Å². The summed E-state index contributed by atoms with van der Waals surface area (Å²) in [5.41, 5.74) is 8.99. The number of aliphatic hydroxyl groups is 1. The van der Waals surface area contributed by atoms with Crippen molar-refractivity contribution in [1.82, 2.24) is 9.88 Å². The van der Waals surface area contributed by atoms with E-state index in [1.54, 1.807) is 32.9 Å². The fourth-order valence-electron chi connectivity index (χ4n) is 3.85. The maximum Gasteiger partial charge on any atom is 0.410 e. The normalized spacial score (nSPS) is 12.5. The van der Waals surface area contributed by atoms with Crippen LogP contribution in [0.3, 0.4) is 0 Å². The minimum absolute atomic E-state index is 0.0584. The van der Waals surface area contributed by atoms with Crippen LogP contribution in [0.5, 0.6) is 5.75 Å². The Morgan fingerprint density at radius 1 is 1.15 bits per heavy atom. The second-order valence-electron chi connectivity index (χ2n) is 9.30. The van der Waals surface area contributed by atoms with Crippen LogP contribution < -0.4 is 11.3 Å². The van der Waals surface area contributed by atoms with E-state index >= 15 is 0 Å². The molecule has 0 bridgehead atoms. The van der Waals surface area contributed by atoms with Gasteiger partial charge < -0.3 is 30.6 Å². The average molecular weight is 454 g/mol. The van der Waals surface area contributed by atoms with Gasteiger partial charge in [-0.15, -0.1) is 0 Å². The summed E-state index contributed by atoms with van der Waals surface area (Å²) in [7, 11) is 0. The van der Waals surface area contributed by atoms with E-state index in [1.165, 1.54) is 17.0 Å². The lowest BCUT2D eigenvalue weighted by Crippen LogP contribution is -2.39. The molecule has 3 aromatic rings. The van der Waals surface area contributed by atoms with Crippen LogP contribution in [0, 0.1) is 13.8 Å². The summed E-state index contributed by atoms with van der Waals surface area (Å²) in [6.07, 6.45) is -1.66. The van der Waals surface area contributed by atoms with Crippen LogP contribution >= 0.6 is 0 Å². The molecule has 2 aromatic carbocycles. The first kappa shape index (κ1) is 24.1. The van der Waals surface area contributed by atoms with Crippen LogP contribution in [0.2, 0.25) is 0 Å². The number of aromatic amines is 1. The van der Waals surface area contributed by atoms with Gasteiger partial charge in [-0.3, -0.25) is 4.79 Å². The lowest BCUT2D eigenvalue weighted by molar-refractivity contribution is 0.0125. The van der Waals surface area contributed by atoms with Crippen LogP contribution in [0.15, 0.2) is 41.2 Å². The topological polar surface area (TPSA) is 129 Å². The molecule has 0 saturated carbocycles. The molecule has 0 aliphatic heterocycles. The molecule has 1 atom stereocenters. The van der Waals surface area contributed by atoms with Crippen molar-refractivity contribution < 1.29 is 19.7 Å². The third-order valence-electron chi connectivity index (χ3n) is 5.38. The summed E-state index contributed by atoms with van der Waals surface area (Å²) in [5, 5.41) is 21.7. The largest absolute Gasteiger partial charge is 0.506 e. The van der Waals surface area contributed by atoms with Crippen molar-refractivity contribution in [2.45, 2.75) is 52.9 Å². The zero-order chi connectivity index (χ0) is 24.5. The van der Waals surface area contributed by atoms with Gasteiger partial charge in [-0.1, -0.05) is 6.07 Å². The standard InChI is InChI=1S/C25H31N3O5/c1-14-10-16(26)11-15(2)19(14)12-28(24(32)33-25(3,4)5)13-21(30)17-6-8-20(29)23-18(17)7-9-22(31)27-23/h6-11,21,29-30H,12-13,26H2,1-5H3,(H,27,31)/t21-/m0/s1. The number of fused-ring (bicyclic) bond motifs is 1. The second kappa shape index (κ2) is 9.15. The van der Waals surface area contributed by atoms with Crippen LogP contribution in [-0.2, 0) is 11.3 Å². The molecule has 0 unspecified atom stereocenters. The minimum atomic E-state index is -1.10. The lowest BCUT2D eigenvalue weighted by Gasteiger charge is -2.30. The first-order valence-corrected chi connectivity index (χ1v) is 10.7. The highest BCUT2D eigenvalue weighted by molar-refractivity contribution is 5.87. The van der Waals surface area contributed by atoms with Gasteiger partial charge in [-0.05, 0) is 81.1 Å². The Morgan fingerprint density at radius 2 is 1.79 bits per heavy atom. The number of carbonyl (C=O) groups excluding carboxylic acids is 1. The number of nitrogens with two attached hydrogens (primary N) is 1. The predicted molar refractivity (Wildman–Crippen MR) is 128 cm³/mol. The number of hydrogen-bond acceptors (Lipinski definition) is 6. The summed E-state index contributed by atoms with van der Waals surface area (Å²) in [6, 6.07) is 9.53. The van der Waals surface area contributed by atoms with Crippen molar-refractivity contribution >= 4 is 22.7 Å². The highest BCUT2D eigenvalue weighted by atomic mass is 16.6. The number of benzene rings is 2. The Balaban J connectivity index is 1.98. The first-order valence-electron chi connectivity index (χ1n) is 10.7. The third-order valence-corrected chi connectivity index (χ3v) is 5.38. The number of nitrogens with one attached hydrogen (secondary N) is 1. The molecule has 0 saturated heterocycles. The number of aromatic nitrogens is 1. The summed E-state index contributed by atoms with van der Waals surface area (Å²) in [6.45, 7) is 9.35. The smallest absolute Gasteiger partial charge is 0.410 e. The third kappa shape index (κ3) is 5.64. The molecule has 0 fully saturated rings. The number of aryl methyl sites for hydroxylation is 2.